The van der Waals surface area contributed by atoms with Crippen molar-refractivity contribution in [2.24, 2.45) is 17.6 Å². The number of Topliss-reactive ketones (excluding diaryl/α,β-unsaturated/α-hetero) is 1. The monoisotopic (exact) mass is 425 g/mol. The van der Waals surface area contributed by atoms with Crippen molar-refractivity contribution in [3.05, 3.63) is 5.53 Å². The van der Waals surface area contributed by atoms with Crippen LogP contribution in [-0.4, -0.2) is 59.3 Å². The summed E-state index contributed by atoms with van der Waals surface area (Å²) in [6, 6.07) is -2.71. The van der Waals surface area contributed by atoms with Gasteiger partial charge in [-0.1, -0.05) is 27.7 Å². The summed E-state index contributed by atoms with van der Waals surface area (Å²) in [5.41, 5.74) is 14.3. The summed E-state index contributed by atoms with van der Waals surface area (Å²) in [6.45, 7) is 9.41. The van der Waals surface area contributed by atoms with E-state index in [0.29, 0.717) is 12.8 Å². The Kier molecular flexibility index (Phi) is 13.2. The molecule has 30 heavy (non-hydrogen) atoms. The summed E-state index contributed by atoms with van der Waals surface area (Å²) < 4.78 is 4.97. The molecule has 0 fully saturated rings. The lowest BCUT2D eigenvalue weighted by Gasteiger charge is -2.25. The van der Waals surface area contributed by atoms with E-state index in [-0.39, 0.29) is 31.3 Å². The summed E-state index contributed by atoms with van der Waals surface area (Å²) in [7, 11) is 0. The fraction of sp³-hybridized carbons (Fsp3) is 0.750. The zero-order valence-electron chi connectivity index (χ0n) is 18.5. The smallest absolute Gasteiger partial charge is 0.328 e. The normalized spacial score (nSPS) is 13.7. The number of hydrogen-bond donors (Lipinski definition) is 3. The van der Waals surface area contributed by atoms with Gasteiger partial charge >= 0.3 is 12.2 Å². The fourth-order valence-electron chi connectivity index (χ4n) is 2.78. The van der Waals surface area contributed by atoms with Crippen molar-refractivity contribution in [2.45, 2.75) is 78.4 Å². The molecule has 0 aliphatic rings. The number of amides is 2. The summed E-state index contributed by atoms with van der Waals surface area (Å²) in [5.74, 6) is -1.89. The summed E-state index contributed by atoms with van der Waals surface area (Å²) in [4.78, 5) is 51.6. The number of carbonyl (C=O) groups is 4. The average Bonchev–Trinajstić information content (AvgIpc) is 2.63. The third kappa shape index (κ3) is 11.4. The molecular weight excluding hydrogens is 390 g/mol. The zero-order chi connectivity index (χ0) is 23.3. The molecule has 2 amide bonds. The van der Waals surface area contributed by atoms with Crippen LogP contribution in [0.4, 0.5) is 0 Å². The van der Waals surface area contributed by atoms with Gasteiger partial charge in [-0.2, -0.15) is 4.79 Å². The average molecular weight is 426 g/mol. The Balaban J connectivity index is 5.29. The lowest BCUT2D eigenvalue weighted by Crippen LogP contribution is -2.55. The van der Waals surface area contributed by atoms with Gasteiger partial charge < -0.3 is 26.6 Å². The topological polar surface area (TPSA) is 164 Å². The first-order valence-electron chi connectivity index (χ1n) is 10.2. The first kappa shape index (κ1) is 27.4. The van der Waals surface area contributed by atoms with E-state index in [0.717, 1.165) is 6.21 Å². The highest BCUT2D eigenvalue weighted by atomic mass is 16.5. The Morgan fingerprint density at radius 1 is 1.00 bits per heavy atom. The lowest BCUT2D eigenvalue weighted by molar-refractivity contribution is -0.148. The fourth-order valence-corrected chi connectivity index (χ4v) is 2.78. The van der Waals surface area contributed by atoms with E-state index in [1.54, 1.807) is 6.92 Å². The van der Waals surface area contributed by atoms with E-state index in [1.165, 1.54) is 0 Å². The van der Waals surface area contributed by atoms with Crippen LogP contribution in [0.2, 0.25) is 0 Å². The first-order valence-corrected chi connectivity index (χ1v) is 10.2. The van der Waals surface area contributed by atoms with Crippen LogP contribution in [-0.2, 0) is 23.9 Å². The van der Waals surface area contributed by atoms with Gasteiger partial charge in [-0.05, 0) is 38.0 Å². The zero-order valence-corrected chi connectivity index (χ0v) is 18.5. The van der Waals surface area contributed by atoms with E-state index in [4.69, 9.17) is 16.0 Å². The number of ether oxygens (including phenoxy) is 1. The molecule has 0 aliphatic carbocycles. The highest BCUT2D eigenvalue weighted by Gasteiger charge is 2.29. The van der Waals surface area contributed by atoms with E-state index in [1.807, 2.05) is 27.7 Å². The quantitative estimate of drug-likeness (QED) is 0.159. The van der Waals surface area contributed by atoms with Crippen LogP contribution in [0.15, 0.2) is 0 Å². The van der Waals surface area contributed by atoms with Gasteiger partial charge in [0.15, 0.2) is 0 Å². The molecule has 0 saturated heterocycles. The molecular formula is C20H35N5O5. The van der Waals surface area contributed by atoms with Crippen LogP contribution < -0.4 is 16.4 Å². The summed E-state index contributed by atoms with van der Waals surface area (Å²) in [6.07, 6.45) is 1.38. The largest absolute Gasteiger partial charge is 0.464 e. The van der Waals surface area contributed by atoms with Crippen LogP contribution in [0.1, 0.15) is 60.3 Å². The Hall–Kier alpha value is -2.58. The van der Waals surface area contributed by atoms with Crippen molar-refractivity contribution >= 4 is 29.8 Å². The van der Waals surface area contributed by atoms with Gasteiger partial charge in [0.2, 0.25) is 17.6 Å². The van der Waals surface area contributed by atoms with Crippen LogP contribution in [0, 0.1) is 11.8 Å². The van der Waals surface area contributed by atoms with Gasteiger partial charge in [0.25, 0.3) is 0 Å². The van der Waals surface area contributed by atoms with Crippen molar-refractivity contribution in [3.63, 3.8) is 0 Å². The third-order valence-corrected chi connectivity index (χ3v) is 4.17. The van der Waals surface area contributed by atoms with Crippen molar-refractivity contribution in [1.82, 2.24) is 10.6 Å². The molecule has 0 aromatic heterocycles. The lowest BCUT2D eigenvalue weighted by atomic mass is 10.00. The van der Waals surface area contributed by atoms with Gasteiger partial charge in [0, 0.05) is 6.42 Å². The van der Waals surface area contributed by atoms with Gasteiger partial charge in [0.05, 0.1) is 12.6 Å². The third-order valence-electron chi connectivity index (χ3n) is 4.17. The molecule has 0 aliphatic heterocycles. The van der Waals surface area contributed by atoms with E-state index in [9.17, 15) is 19.2 Å². The number of ketones is 1. The van der Waals surface area contributed by atoms with Crippen LogP contribution in [0.5, 0.6) is 0 Å². The Bertz CT molecular complexity index is 643. The minimum absolute atomic E-state index is 0.0371. The molecule has 0 bridgehead atoms. The van der Waals surface area contributed by atoms with E-state index < -0.39 is 41.7 Å². The second kappa shape index (κ2) is 14.4. The molecule has 10 nitrogen and oxygen atoms in total. The second-order valence-corrected chi connectivity index (χ2v) is 7.99. The molecule has 0 aromatic carbocycles. The number of rotatable bonds is 14. The van der Waals surface area contributed by atoms with Gasteiger partial charge in [-0.3, -0.25) is 14.4 Å². The van der Waals surface area contributed by atoms with Gasteiger partial charge in [-0.15, -0.1) is 0 Å². The minimum atomic E-state index is -1.08. The molecule has 0 rings (SSSR count). The van der Waals surface area contributed by atoms with Crippen LogP contribution in [0.25, 0.3) is 5.53 Å². The Morgan fingerprint density at radius 3 is 2.07 bits per heavy atom. The highest BCUT2D eigenvalue weighted by molar-refractivity contribution is 6.25. The molecule has 0 radical (unpaired) electrons. The number of nitrogens with two attached hydrogens (primary N) is 1. The second-order valence-electron chi connectivity index (χ2n) is 7.99. The Morgan fingerprint density at radius 2 is 1.57 bits per heavy atom. The summed E-state index contributed by atoms with van der Waals surface area (Å²) in [5, 5.41) is 5.23. The van der Waals surface area contributed by atoms with Crippen molar-refractivity contribution in [3.8, 4) is 0 Å². The number of hydrogen-bond acceptors (Lipinski definition) is 6. The minimum Gasteiger partial charge on any atom is -0.464 e. The number of carbonyl (C=O) groups excluding carboxylic acids is 4. The predicted octanol–water partition coefficient (Wildman–Crippen LogP) is 0.589. The SMILES string of the molecule is CCOC(=O)C(CCC(=O)C=[N+]=[N-])NC(=O)C(CC(C)C)NC(=O)C(N)CC(C)C. The number of nitrogens with one attached hydrogen (secondary N) is 2. The Labute approximate surface area is 177 Å². The van der Waals surface area contributed by atoms with Gasteiger partial charge in [0.1, 0.15) is 12.1 Å². The van der Waals surface area contributed by atoms with E-state index >= 15 is 0 Å². The maximum Gasteiger partial charge on any atom is 0.328 e. The molecule has 4 N–H and O–H groups in total. The van der Waals surface area contributed by atoms with Crippen molar-refractivity contribution in [2.75, 3.05) is 6.61 Å². The summed E-state index contributed by atoms with van der Waals surface area (Å²) >= 11 is 0. The van der Waals surface area contributed by atoms with Crippen molar-refractivity contribution < 1.29 is 28.7 Å². The number of esters is 1. The van der Waals surface area contributed by atoms with Crippen LogP contribution in [0.3, 0.4) is 0 Å². The number of nitrogens with zero attached hydrogens (tertiary/aromatic N) is 2. The molecule has 3 unspecified atom stereocenters. The molecule has 3 atom stereocenters. The standard InChI is InChI=1S/C20H35N5O5/c1-6-30-20(29)16(8-7-14(26)11-23-22)24-19(28)17(10-13(4)5)25-18(27)15(21)9-12(2)3/h11-13,15-17H,6-10,21H2,1-5H3,(H,24,28)(H,25,27). The molecule has 0 heterocycles. The van der Waals surface area contributed by atoms with Crippen molar-refractivity contribution in [1.29, 1.82) is 0 Å². The van der Waals surface area contributed by atoms with E-state index in [2.05, 4.69) is 15.4 Å². The molecule has 170 valence electrons. The molecule has 0 spiro atoms. The molecule has 10 heteroatoms. The predicted molar refractivity (Wildman–Crippen MR) is 111 cm³/mol. The maximum atomic E-state index is 12.8. The first-order chi connectivity index (χ1) is 14.0. The van der Waals surface area contributed by atoms with Crippen LogP contribution >= 0.6 is 0 Å². The van der Waals surface area contributed by atoms with Gasteiger partial charge in [-0.25, -0.2) is 4.79 Å². The highest BCUT2D eigenvalue weighted by Crippen LogP contribution is 2.09. The maximum absolute atomic E-state index is 12.8. The molecule has 0 aromatic rings. The molecule has 0 saturated carbocycles.